The maximum absolute atomic E-state index is 13.3. The number of rotatable bonds is 3. The third-order valence-electron chi connectivity index (χ3n) is 5.00. The maximum Gasteiger partial charge on any atom is 0.225 e. The molecule has 0 spiro atoms. The fourth-order valence-corrected chi connectivity index (χ4v) is 3.53. The zero-order valence-corrected chi connectivity index (χ0v) is 15.9. The Morgan fingerprint density at radius 2 is 1.77 bits per heavy atom. The molecule has 1 heterocycles. The molecule has 1 saturated carbocycles. The van der Waals surface area contributed by atoms with Crippen LogP contribution in [0, 0.1) is 17.6 Å². The first-order chi connectivity index (χ1) is 11.4. The Morgan fingerprint density at radius 3 is 2.31 bits per heavy atom. The third-order valence-corrected chi connectivity index (χ3v) is 5.00. The lowest BCUT2D eigenvalue weighted by Crippen LogP contribution is -2.49. The number of nitrogens with zero attached hydrogens (tertiary/aromatic N) is 2. The van der Waals surface area contributed by atoms with Crippen molar-refractivity contribution in [2.24, 2.45) is 11.7 Å². The van der Waals surface area contributed by atoms with Gasteiger partial charge in [0.15, 0.2) is 11.6 Å². The topological polar surface area (TPSA) is 69.8 Å². The summed E-state index contributed by atoms with van der Waals surface area (Å²) in [6, 6.07) is 3.62. The Morgan fingerprint density at radius 1 is 1.12 bits per heavy atom. The van der Waals surface area contributed by atoms with Crippen LogP contribution in [-0.4, -0.2) is 59.1 Å². The van der Waals surface area contributed by atoms with Gasteiger partial charge in [-0.25, -0.2) is 8.78 Å². The van der Waals surface area contributed by atoms with Crippen LogP contribution < -0.4 is 5.73 Å². The van der Waals surface area contributed by atoms with Crippen molar-refractivity contribution < 1.29 is 18.7 Å². The molecule has 1 saturated heterocycles. The van der Waals surface area contributed by atoms with E-state index in [9.17, 15) is 18.7 Å². The van der Waals surface area contributed by atoms with Crippen LogP contribution in [0.3, 0.4) is 0 Å². The second kappa shape index (κ2) is 9.80. The van der Waals surface area contributed by atoms with E-state index < -0.39 is 17.7 Å². The van der Waals surface area contributed by atoms with E-state index in [2.05, 4.69) is 4.90 Å². The highest BCUT2D eigenvalue weighted by Gasteiger charge is 2.37. The van der Waals surface area contributed by atoms with E-state index in [1.807, 2.05) is 4.90 Å². The number of amides is 1. The normalized spacial score (nSPS) is 26.2. The molecule has 9 heteroatoms. The molecule has 1 aromatic carbocycles. The Labute approximate surface area is 164 Å². The van der Waals surface area contributed by atoms with Gasteiger partial charge in [0.05, 0.1) is 6.10 Å². The average molecular weight is 412 g/mol. The van der Waals surface area contributed by atoms with E-state index in [4.69, 9.17) is 5.73 Å². The second-order valence-corrected chi connectivity index (χ2v) is 6.75. The van der Waals surface area contributed by atoms with E-state index in [-0.39, 0.29) is 42.7 Å². The number of carbonyl (C=O) groups is 1. The minimum atomic E-state index is -0.842. The first-order valence-electron chi connectivity index (χ1n) is 8.32. The van der Waals surface area contributed by atoms with Gasteiger partial charge >= 0.3 is 0 Å². The van der Waals surface area contributed by atoms with Crippen LogP contribution in [0.25, 0.3) is 0 Å². The quantitative estimate of drug-likeness (QED) is 0.791. The monoisotopic (exact) mass is 411 g/mol. The number of halogens is 4. The van der Waals surface area contributed by atoms with Gasteiger partial charge in [0.2, 0.25) is 5.91 Å². The van der Waals surface area contributed by atoms with Gasteiger partial charge in [-0.3, -0.25) is 9.69 Å². The fourth-order valence-electron chi connectivity index (χ4n) is 3.53. The van der Waals surface area contributed by atoms with E-state index >= 15 is 0 Å². The number of carbonyl (C=O) groups excluding carboxylic acids is 1. The van der Waals surface area contributed by atoms with Crippen LogP contribution in [0.2, 0.25) is 0 Å². The number of aliphatic hydroxyl groups is 1. The Hall–Kier alpha value is -0.990. The molecule has 3 rings (SSSR count). The molecule has 1 aliphatic heterocycles. The van der Waals surface area contributed by atoms with Crippen molar-refractivity contribution >= 4 is 30.7 Å². The third kappa shape index (κ3) is 5.27. The number of nitrogens with two attached hydrogens (primary N) is 1. The van der Waals surface area contributed by atoms with Crippen molar-refractivity contribution in [1.29, 1.82) is 0 Å². The summed E-state index contributed by atoms with van der Waals surface area (Å²) in [4.78, 5) is 16.4. The van der Waals surface area contributed by atoms with Crippen LogP contribution in [0.15, 0.2) is 18.2 Å². The van der Waals surface area contributed by atoms with E-state index in [1.165, 1.54) is 6.07 Å². The molecule has 0 radical (unpaired) electrons. The SMILES string of the molecule is Cl.Cl.N[C@@H]1C[C@H](C(=O)N2CCN(Cc3ccc(F)c(F)c3)CC2)C[C@H]1O. The van der Waals surface area contributed by atoms with Crippen molar-refractivity contribution in [3.63, 3.8) is 0 Å². The van der Waals surface area contributed by atoms with Gasteiger partial charge in [-0.1, -0.05) is 6.07 Å². The summed E-state index contributed by atoms with van der Waals surface area (Å²) < 4.78 is 26.2. The summed E-state index contributed by atoms with van der Waals surface area (Å²) in [5, 5.41) is 9.70. The van der Waals surface area contributed by atoms with Crippen molar-refractivity contribution in [2.75, 3.05) is 26.2 Å². The standard InChI is InChI=1S/C17H23F2N3O2.2ClH/c18-13-2-1-11(7-14(13)19)10-21-3-5-22(6-4-21)17(24)12-8-15(20)16(23)9-12;;/h1-2,7,12,15-16,23H,3-6,8-10,20H2;2*1H/t12-,15+,16+;;/m0../s1. The largest absolute Gasteiger partial charge is 0.391 e. The van der Waals surface area contributed by atoms with Crippen molar-refractivity contribution in [3.8, 4) is 0 Å². The van der Waals surface area contributed by atoms with Crippen LogP contribution in [0.1, 0.15) is 18.4 Å². The van der Waals surface area contributed by atoms with Crippen LogP contribution in [0.5, 0.6) is 0 Å². The molecule has 26 heavy (non-hydrogen) atoms. The molecule has 3 atom stereocenters. The summed E-state index contributed by atoms with van der Waals surface area (Å²) in [6.45, 7) is 3.11. The fraction of sp³-hybridized carbons (Fsp3) is 0.588. The van der Waals surface area contributed by atoms with Crippen molar-refractivity contribution in [1.82, 2.24) is 9.80 Å². The minimum Gasteiger partial charge on any atom is -0.391 e. The number of benzene rings is 1. The molecular weight excluding hydrogens is 387 g/mol. The highest BCUT2D eigenvalue weighted by atomic mass is 35.5. The molecule has 2 aliphatic rings. The van der Waals surface area contributed by atoms with Gasteiger partial charge in [0.1, 0.15) is 0 Å². The zero-order valence-electron chi connectivity index (χ0n) is 14.3. The summed E-state index contributed by atoms with van der Waals surface area (Å²) in [5.74, 6) is -1.80. The molecule has 0 unspecified atom stereocenters. The lowest BCUT2D eigenvalue weighted by atomic mass is 10.1. The molecule has 1 amide bonds. The number of piperazine rings is 1. The maximum atomic E-state index is 13.3. The van der Waals surface area contributed by atoms with Gasteiger partial charge in [-0.05, 0) is 30.5 Å². The van der Waals surface area contributed by atoms with Crippen molar-refractivity contribution in [2.45, 2.75) is 31.5 Å². The summed E-state index contributed by atoms with van der Waals surface area (Å²) in [6.07, 6.45) is 0.387. The molecule has 0 bridgehead atoms. The average Bonchev–Trinajstić information content (AvgIpc) is 2.90. The van der Waals surface area contributed by atoms with Gasteiger partial charge in [0.25, 0.3) is 0 Å². The number of hydrogen-bond acceptors (Lipinski definition) is 4. The minimum absolute atomic E-state index is 0. The lowest BCUT2D eigenvalue weighted by molar-refractivity contribution is -0.137. The highest BCUT2D eigenvalue weighted by molar-refractivity contribution is 5.85. The van der Waals surface area contributed by atoms with E-state index in [0.717, 1.165) is 11.6 Å². The Kier molecular flexibility index (Phi) is 8.69. The smallest absolute Gasteiger partial charge is 0.225 e. The molecular formula is C17H25Cl2F2N3O2. The molecule has 148 valence electrons. The first-order valence-corrected chi connectivity index (χ1v) is 8.32. The Balaban J connectivity index is 0.00000169. The first kappa shape index (κ1) is 23.0. The highest BCUT2D eigenvalue weighted by Crippen LogP contribution is 2.27. The predicted octanol–water partition coefficient (Wildman–Crippen LogP) is 1.55. The number of hydrogen-bond donors (Lipinski definition) is 2. The van der Waals surface area contributed by atoms with Gasteiger partial charge in [-0.2, -0.15) is 0 Å². The van der Waals surface area contributed by atoms with Crippen LogP contribution in [0.4, 0.5) is 8.78 Å². The Bertz CT molecular complexity index is 606. The van der Waals surface area contributed by atoms with Crippen LogP contribution >= 0.6 is 24.8 Å². The molecule has 5 nitrogen and oxygen atoms in total. The number of aliphatic hydroxyl groups excluding tert-OH is 1. The molecule has 1 aliphatic carbocycles. The predicted molar refractivity (Wildman–Crippen MR) is 99.4 cm³/mol. The molecule has 1 aromatic rings. The van der Waals surface area contributed by atoms with Gasteiger partial charge < -0.3 is 15.7 Å². The van der Waals surface area contributed by atoms with Crippen LogP contribution in [-0.2, 0) is 11.3 Å². The lowest BCUT2D eigenvalue weighted by Gasteiger charge is -2.36. The summed E-state index contributed by atoms with van der Waals surface area (Å²) in [7, 11) is 0. The zero-order chi connectivity index (χ0) is 17.3. The van der Waals surface area contributed by atoms with Gasteiger partial charge in [0, 0.05) is 44.7 Å². The molecule has 3 N–H and O–H groups in total. The molecule has 2 fully saturated rings. The van der Waals surface area contributed by atoms with Gasteiger partial charge in [-0.15, -0.1) is 24.8 Å². The molecule has 0 aromatic heterocycles. The summed E-state index contributed by atoms with van der Waals surface area (Å²) >= 11 is 0. The van der Waals surface area contributed by atoms with E-state index in [1.54, 1.807) is 6.07 Å². The second-order valence-electron chi connectivity index (χ2n) is 6.75. The van der Waals surface area contributed by atoms with E-state index in [0.29, 0.717) is 45.6 Å². The van der Waals surface area contributed by atoms with Crippen molar-refractivity contribution in [3.05, 3.63) is 35.4 Å². The summed E-state index contributed by atoms with van der Waals surface area (Å²) in [5.41, 5.74) is 6.50.